The minimum absolute atomic E-state index is 0.0108. The molecule has 2 unspecified atom stereocenters. The fourth-order valence-electron chi connectivity index (χ4n) is 2.62. The number of unbranched alkanes of at least 4 members (excludes halogenated alkanes) is 1. The molecule has 0 amide bonds. The van der Waals surface area contributed by atoms with Crippen LogP contribution in [0.2, 0.25) is 0 Å². The minimum atomic E-state index is -0.101. The monoisotopic (exact) mass is 283 g/mol. The molecule has 1 heterocycles. The maximum Gasteiger partial charge on any atom is 0.308 e. The summed E-state index contributed by atoms with van der Waals surface area (Å²) >= 11 is 0. The molecule has 1 aliphatic rings. The standard InChI is InChI=1S/C16H29NO3/c1-4-20-15-12-8-7-11-14(17-15)10-6-5-9-13(2)16(18)19-3/h13-14H,4-12H2,1-3H3. The van der Waals surface area contributed by atoms with Gasteiger partial charge in [0.15, 0.2) is 5.90 Å². The number of ether oxygens (including phenoxy) is 2. The van der Waals surface area contributed by atoms with Gasteiger partial charge in [0.05, 0.1) is 25.7 Å². The number of hydrogen-bond acceptors (Lipinski definition) is 4. The third kappa shape index (κ3) is 6.40. The van der Waals surface area contributed by atoms with Crippen molar-refractivity contribution in [2.45, 2.75) is 71.3 Å². The first-order valence-electron chi connectivity index (χ1n) is 7.94. The van der Waals surface area contributed by atoms with E-state index in [1.54, 1.807) is 0 Å². The Balaban J connectivity index is 2.26. The molecule has 0 radical (unpaired) electrons. The summed E-state index contributed by atoms with van der Waals surface area (Å²) in [5, 5.41) is 0. The molecule has 4 nitrogen and oxygen atoms in total. The van der Waals surface area contributed by atoms with Crippen LogP contribution in [0.15, 0.2) is 4.99 Å². The summed E-state index contributed by atoms with van der Waals surface area (Å²) in [6, 6.07) is 0.410. The van der Waals surface area contributed by atoms with Gasteiger partial charge in [0.25, 0.3) is 0 Å². The first kappa shape index (κ1) is 17.0. The van der Waals surface area contributed by atoms with Gasteiger partial charge in [-0.25, -0.2) is 0 Å². The van der Waals surface area contributed by atoms with Crippen LogP contribution in [-0.4, -0.2) is 31.6 Å². The van der Waals surface area contributed by atoms with Gasteiger partial charge in [-0.05, 0) is 32.6 Å². The number of aliphatic imine (C=N–C) groups is 1. The summed E-state index contributed by atoms with van der Waals surface area (Å²) in [6.45, 7) is 4.65. The highest BCUT2D eigenvalue weighted by atomic mass is 16.5. The molecule has 0 N–H and O–H groups in total. The van der Waals surface area contributed by atoms with Gasteiger partial charge in [0, 0.05) is 6.42 Å². The first-order valence-corrected chi connectivity index (χ1v) is 7.94. The van der Waals surface area contributed by atoms with Crippen molar-refractivity contribution >= 4 is 11.9 Å². The third-order valence-corrected chi connectivity index (χ3v) is 3.84. The highest BCUT2D eigenvalue weighted by molar-refractivity contribution is 5.76. The van der Waals surface area contributed by atoms with Gasteiger partial charge in [-0.3, -0.25) is 9.79 Å². The van der Waals surface area contributed by atoms with Crippen molar-refractivity contribution < 1.29 is 14.3 Å². The van der Waals surface area contributed by atoms with E-state index in [-0.39, 0.29) is 11.9 Å². The largest absolute Gasteiger partial charge is 0.481 e. The minimum Gasteiger partial charge on any atom is -0.481 e. The second kappa shape index (κ2) is 9.78. The van der Waals surface area contributed by atoms with Crippen LogP contribution in [0, 0.1) is 5.92 Å². The van der Waals surface area contributed by atoms with Crippen LogP contribution in [0.3, 0.4) is 0 Å². The number of nitrogens with zero attached hydrogens (tertiary/aromatic N) is 1. The van der Waals surface area contributed by atoms with E-state index in [1.165, 1.54) is 26.4 Å². The van der Waals surface area contributed by atoms with E-state index in [4.69, 9.17) is 14.5 Å². The maximum absolute atomic E-state index is 11.3. The van der Waals surface area contributed by atoms with Crippen LogP contribution in [0.5, 0.6) is 0 Å². The predicted octanol–water partition coefficient (Wildman–Crippen LogP) is 3.73. The Kier molecular flexibility index (Phi) is 8.31. The molecular weight excluding hydrogens is 254 g/mol. The Morgan fingerprint density at radius 1 is 1.40 bits per heavy atom. The molecule has 0 saturated heterocycles. The molecule has 0 bridgehead atoms. The molecule has 0 aliphatic carbocycles. The summed E-state index contributed by atoms with van der Waals surface area (Å²) in [5.41, 5.74) is 0. The summed E-state index contributed by atoms with van der Waals surface area (Å²) in [7, 11) is 1.45. The van der Waals surface area contributed by atoms with Crippen LogP contribution < -0.4 is 0 Å². The molecule has 0 spiro atoms. The average Bonchev–Trinajstić information content (AvgIpc) is 2.68. The number of esters is 1. The highest BCUT2D eigenvalue weighted by Gasteiger charge is 2.15. The fourth-order valence-corrected chi connectivity index (χ4v) is 2.62. The molecule has 20 heavy (non-hydrogen) atoms. The van der Waals surface area contributed by atoms with E-state index >= 15 is 0 Å². The lowest BCUT2D eigenvalue weighted by molar-refractivity contribution is -0.145. The second-order valence-corrected chi connectivity index (χ2v) is 5.56. The Hall–Kier alpha value is -1.06. The van der Waals surface area contributed by atoms with Gasteiger partial charge < -0.3 is 9.47 Å². The molecule has 1 aliphatic heterocycles. The van der Waals surface area contributed by atoms with E-state index < -0.39 is 0 Å². The maximum atomic E-state index is 11.3. The van der Waals surface area contributed by atoms with Gasteiger partial charge in [-0.1, -0.05) is 26.2 Å². The summed E-state index contributed by atoms with van der Waals surface area (Å²) in [6.07, 6.45) is 8.78. The van der Waals surface area contributed by atoms with Gasteiger partial charge in [-0.15, -0.1) is 0 Å². The van der Waals surface area contributed by atoms with Crippen LogP contribution in [0.4, 0.5) is 0 Å². The number of rotatable bonds is 7. The van der Waals surface area contributed by atoms with Crippen LogP contribution in [0.25, 0.3) is 0 Å². The zero-order valence-corrected chi connectivity index (χ0v) is 13.2. The van der Waals surface area contributed by atoms with Gasteiger partial charge in [-0.2, -0.15) is 0 Å². The lowest BCUT2D eigenvalue weighted by atomic mass is 10.00. The normalized spacial score (nSPS) is 20.8. The van der Waals surface area contributed by atoms with Crippen LogP contribution in [-0.2, 0) is 14.3 Å². The molecule has 0 aromatic rings. The molecule has 4 heteroatoms. The Bertz CT molecular complexity index is 315. The van der Waals surface area contributed by atoms with Crippen molar-refractivity contribution in [1.82, 2.24) is 0 Å². The predicted molar refractivity (Wildman–Crippen MR) is 81.0 cm³/mol. The average molecular weight is 283 g/mol. The van der Waals surface area contributed by atoms with Crippen molar-refractivity contribution in [2.24, 2.45) is 10.9 Å². The van der Waals surface area contributed by atoms with E-state index in [2.05, 4.69) is 0 Å². The van der Waals surface area contributed by atoms with Crippen molar-refractivity contribution in [3.8, 4) is 0 Å². The van der Waals surface area contributed by atoms with Gasteiger partial charge >= 0.3 is 5.97 Å². The lowest BCUT2D eigenvalue weighted by Gasteiger charge is -2.13. The summed E-state index contributed by atoms with van der Waals surface area (Å²) in [4.78, 5) is 16.0. The molecule has 2 atom stereocenters. The SMILES string of the molecule is CCOC1=NC(CCCCC(C)C(=O)OC)CCCC1. The summed E-state index contributed by atoms with van der Waals surface area (Å²) < 4.78 is 10.3. The number of methoxy groups -OCH3 is 1. The highest BCUT2D eigenvalue weighted by Crippen LogP contribution is 2.20. The molecule has 0 aromatic heterocycles. The van der Waals surface area contributed by atoms with Crippen molar-refractivity contribution in [1.29, 1.82) is 0 Å². The van der Waals surface area contributed by atoms with Crippen molar-refractivity contribution in [3.05, 3.63) is 0 Å². The molecule has 0 aromatic carbocycles. The van der Waals surface area contributed by atoms with E-state index in [0.717, 1.165) is 38.0 Å². The van der Waals surface area contributed by atoms with Gasteiger partial charge in [0.1, 0.15) is 0 Å². The van der Waals surface area contributed by atoms with Crippen molar-refractivity contribution in [2.75, 3.05) is 13.7 Å². The van der Waals surface area contributed by atoms with Crippen molar-refractivity contribution in [3.63, 3.8) is 0 Å². The van der Waals surface area contributed by atoms with Crippen LogP contribution >= 0.6 is 0 Å². The molecule has 0 fully saturated rings. The third-order valence-electron chi connectivity index (χ3n) is 3.84. The number of hydrogen-bond donors (Lipinski definition) is 0. The fraction of sp³-hybridized carbons (Fsp3) is 0.875. The van der Waals surface area contributed by atoms with Gasteiger partial charge in [0.2, 0.25) is 0 Å². The quantitative estimate of drug-likeness (QED) is 0.528. The number of carbonyl (C=O) groups excluding carboxylic acids is 1. The van der Waals surface area contributed by atoms with E-state index in [9.17, 15) is 4.79 Å². The zero-order valence-electron chi connectivity index (χ0n) is 13.2. The number of carbonyl (C=O) groups is 1. The zero-order chi connectivity index (χ0) is 14.8. The second-order valence-electron chi connectivity index (χ2n) is 5.56. The lowest BCUT2D eigenvalue weighted by Crippen LogP contribution is -2.13. The topological polar surface area (TPSA) is 47.9 Å². The van der Waals surface area contributed by atoms with E-state index in [0.29, 0.717) is 12.6 Å². The molecule has 0 saturated carbocycles. The van der Waals surface area contributed by atoms with Crippen LogP contribution in [0.1, 0.15) is 65.2 Å². The Morgan fingerprint density at radius 3 is 2.90 bits per heavy atom. The molecular formula is C16H29NO3. The Labute approximate surface area is 122 Å². The Morgan fingerprint density at radius 2 is 2.20 bits per heavy atom. The molecule has 116 valence electrons. The smallest absolute Gasteiger partial charge is 0.308 e. The first-order chi connectivity index (χ1) is 9.67. The van der Waals surface area contributed by atoms with E-state index in [1.807, 2.05) is 13.8 Å². The molecule has 1 rings (SSSR count). The summed E-state index contributed by atoms with van der Waals surface area (Å²) in [5.74, 6) is 0.852.